The van der Waals surface area contributed by atoms with Gasteiger partial charge in [0.1, 0.15) is 5.76 Å². The van der Waals surface area contributed by atoms with Crippen molar-refractivity contribution in [1.82, 2.24) is 9.88 Å². The average Bonchev–Trinajstić information content (AvgIpc) is 2.99. The fraction of sp³-hybridized carbons (Fsp3) is 0.500. The number of aromatic nitrogens is 1. The zero-order valence-electron chi connectivity index (χ0n) is 14.0. The van der Waals surface area contributed by atoms with Crippen LogP contribution >= 0.6 is 11.3 Å². The van der Waals surface area contributed by atoms with Gasteiger partial charge in [-0.3, -0.25) is 9.59 Å². The highest BCUT2D eigenvalue weighted by Crippen LogP contribution is 2.44. The summed E-state index contributed by atoms with van der Waals surface area (Å²) in [5.74, 6) is 0.880. The van der Waals surface area contributed by atoms with Gasteiger partial charge in [0, 0.05) is 18.5 Å². The van der Waals surface area contributed by atoms with E-state index in [9.17, 15) is 14.7 Å². The van der Waals surface area contributed by atoms with E-state index in [1.807, 2.05) is 24.4 Å². The van der Waals surface area contributed by atoms with Crippen molar-refractivity contribution < 1.29 is 19.1 Å². The van der Waals surface area contributed by atoms with Gasteiger partial charge in [-0.15, -0.1) is 11.3 Å². The number of aliphatic carboxylic acids is 1. The standard InChI is InChI=1S/C18H20N2O4S/c1-10-2-5-15(24-10)17-19-12(9-25-17)6-16(21)20-7-13(11-3-4-11)14(8-20)18(22)23/h2,5,9,11,13-14H,3-4,6-8H2,1H3,(H,22,23)/t13-,14+/m1/s1. The number of hydrogen-bond acceptors (Lipinski definition) is 5. The Hall–Kier alpha value is -2.15. The van der Waals surface area contributed by atoms with Crippen LogP contribution < -0.4 is 0 Å². The number of carbonyl (C=O) groups is 2. The lowest BCUT2D eigenvalue weighted by atomic mass is 9.92. The summed E-state index contributed by atoms with van der Waals surface area (Å²) in [7, 11) is 0. The van der Waals surface area contributed by atoms with Crippen LogP contribution in [0.4, 0.5) is 0 Å². The molecule has 7 heteroatoms. The minimum atomic E-state index is -0.781. The van der Waals surface area contributed by atoms with Gasteiger partial charge in [0.15, 0.2) is 10.8 Å². The predicted molar refractivity (Wildman–Crippen MR) is 92.2 cm³/mol. The average molecular weight is 360 g/mol. The zero-order valence-corrected chi connectivity index (χ0v) is 14.8. The van der Waals surface area contributed by atoms with Gasteiger partial charge in [0.25, 0.3) is 0 Å². The van der Waals surface area contributed by atoms with Gasteiger partial charge < -0.3 is 14.4 Å². The number of rotatable bonds is 5. The summed E-state index contributed by atoms with van der Waals surface area (Å²) in [6.45, 7) is 2.77. The molecule has 1 saturated carbocycles. The van der Waals surface area contributed by atoms with E-state index in [0.717, 1.165) is 23.6 Å². The highest BCUT2D eigenvalue weighted by atomic mass is 32.1. The van der Waals surface area contributed by atoms with E-state index in [-0.39, 0.29) is 18.2 Å². The lowest BCUT2D eigenvalue weighted by molar-refractivity contribution is -0.142. The Morgan fingerprint density at radius 2 is 2.16 bits per heavy atom. The summed E-state index contributed by atoms with van der Waals surface area (Å²) in [4.78, 5) is 30.3. The summed E-state index contributed by atoms with van der Waals surface area (Å²) in [5, 5.41) is 12.1. The molecule has 3 heterocycles. The molecule has 132 valence electrons. The molecule has 2 atom stereocenters. The number of carbonyl (C=O) groups excluding carboxylic acids is 1. The molecule has 2 fully saturated rings. The first-order valence-electron chi connectivity index (χ1n) is 8.53. The van der Waals surface area contributed by atoms with Crippen molar-refractivity contribution in [1.29, 1.82) is 0 Å². The summed E-state index contributed by atoms with van der Waals surface area (Å²) in [6.07, 6.45) is 2.39. The summed E-state index contributed by atoms with van der Waals surface area (Å²) in [6, 6.07) is 3.76. The zero-order chi connectivity index (χ0) is 17.6. The first-order valence-corrected chi connectivity index (χ1v) is 9.41. The number of aryl methyl sites for hydroxylation is 1. The van der Waals surface area contributed by atoms with Crippen LogP contribution in [0.2, 0.25) is 0 Å². The second-order valence-corrected chi connectivity index (χ2v) is 7.83. The number of likely N-dealkylation sites (tertiary alicyclic amines) is 1. The van der Waals surface area contributed by atoms with E-state index < -0.39 is 11.9 Å². The third kappa shape index (κ3) is 3.33. The molecule has 0 spiro atoms. The molecule has 25 heavy (non-hydrogen) atoms. The Kier molecular flexibility index (Phi) is 4.11. The van der Waals surface area contributed by atoms with Crippen molar-refractivity contribution in [2.75, 3.05) is 13.1 Å². The van der Waals surface area contributed by atoms with Crippen molar-refractivity contribution in [3.63, 3.8) is 0 Å². The normalized spacial score (nSPS) is 23.2. The molecule has 1 saturated heterocycles. The van der Waals surface area contributed by atoms with Crippen LogP contribution in [0.5, 0.6) is 0 Å². The third-order valence-corrected chi connectivity index (χ3v) is 6.00. The number of nitrogens with zero attached hydrogens (tertiary/aromatic N) is 2. The number of thiazole rings is 1. The topological polar surface area (TPSA) is 83.6 Å². The highest BCUT2D eigenvalue weighted by Gasteiger charge is 2.46. The fourth-order valence-corrected chi connectivity index (χ4v) is 4.39. The number of furan rings is 1. The molecule has 2 aliphatic rings. The van der Waals surface area contributed by atoms with Crippen LogP contribution in [0.25, 0.3) is 10.8 Å². The number of hydrogen-bond donors (Lipinski definition) is 1. The maximum atomic E-state index is 12.6. The summed E-state index contributed by atoms with van der Waals surface area (Å²) >= 11 is 1.45. The quantitative estimate of drug-likeness (QED) is 0.886. The van der Waals surface area contributed by atoms with Crippen LogP contribution in [0.1, 0.15) is 24.3 Å². The van der Waals surface area contributed by atoms with Crippen LogP contribution in [-0.2, 0) is 16.0 Å². The summed E-state index contributed by atoms with van der Waals surface area (Å²) in [5.41, 5.74) is 0.709. The van der Waals surface area contributed by atoms with Crippen LogP contribution in [0, 0.1) is 24.7 Å². The van der Waals surface area contributed by atoms with E-state index in [4.69, 9.17) is 4.42 Å². The van der Waals surface area contributed by atoms with Crippen molar-refractivity contribution in [2.24, 2.45) is 17.8 Å². The minimum absolute atomic E-state index is 0.0399. The third-order valence-electron chi connectivity index (χ3n) is 5.10. The maximum absolute atomic E-state index is 12.6. The molecular formula is C18H20N2O4S. The van der Waals surface area contributed by atoms with E-state index in [1.165, 1.54) is 11.3 Å². The first-order chi connectivity index (χ1) is 12.0. The largest absolute Gasteiger partial charge is 0.481 e. The van der Waals surface area contributed by atoms with Gasteiger partial charge in [-0.2, -0.15) is 0 Å². The maximum Gasteiger partial charge on any atom is 0.308 e. The molecule has 1 aliphatic heterocycles. The van der Waals surface area contributed by atoms with Crippen molar-refractivity contribution >= 4 is 23.2 Å². The molecule has 1 aliphatic carbocycles. The smallest absolute Gasteiger partial charge is 0.308 e. The van der Waals surface area contributed by atoms with Gasteiger partial charge in [0.05, 0.1) is 18.0 Å². The van der Waals surface area contributed by atoms with E-state index in [1.54, 1.807) is 4.90 Å². The molecule has 0 radical (unpaired) electrons. The lowest BCUT2D eigenvalue weighted by Crippen LogP contribution is -2.31. The second kappa shape index (κ2) is 6.29. The highest BCUT2D eigenvalue weighted by molar-refractivity contribution is 7.13. The molecule has 1 amide bonds. The van der Waals surface area contributed by atoms with E-state index in [0.29, 0.717) is 30.5 Å². The van der Waals surface area contributed by atoms with Gasteiger partial charge in [-0.05, 0) is 43.7 Å². The van der Waals surface area contributed by atoms with Crippen molar-refractivity contribution in [3.8, 4) is 10.8 Å². The number of carboxylic acid groups (broad SMARTS) is 1. The molecule has 0 aromatic carbocycles. The molecule has 1 N–H and O–H groups in total. The molecule has 0 unspecified atom stereocenters. The predicted octanol–water partition coefficient (Wildman–Crippen LogP) is 2.82. The van der Waals surface area contributed by atoms with E-state index in [2.05, 4.69) is 4.98 Å². The Morgan fingerprint density at radius 3 is 2.80 bits per heavy atom. The fourth-order valence-electron chi connectivity index (χ4n) is 3.61. The second-order valence-electron chi connectivity index (χ2n) is 6.98. The molecule has 6 nitrogen and oxygen atoms in total. The van der Waals surface area contributed by atoms with Gasteiger partial charge in [-0.25, -0.2) is 4.98 Å². The molecule has 2 aromatic heterocycles. The lowest BCUT2D eigenvalue weighted by Gasteiger charge is -2.15. The molecule has 0 bridgehead atoms. The van der Waals surface area contributed by atoms with Crippen LogP contribution in [-0.4, -0.2) is 40.0 Å². The van der Waals surface area contributed by atoms with Crippen molar-refractivity contribution in [2.45, 2.75) is 26.2 Å². The minimum Gasteiger partial charge on any atom is -0.481 e. The Labute approximate surface area is 149 Å². The monoisotopic (exact) mass is 360 g/mol. The molecule has 2 aromatic rings. The Morgan fingerprint density at radius 1 is 1.36 bits per heavy atom. The van der Waals surface area contributed by atoms with Crippen molar-refractivity contribution in [3.05, 3.63) is 29.0 Å². The Bertz CT molecular complexity index is 808. The van der Waals surface area contributed by atoms with Gasteiger partial charge >= 0.3 is 5.97 Å². The van der Waals surface area contributed by atoms with Gasteiger partial charge in [0.2, 0.25) is 5.91 Å². The van der Waals surface area contributed by atoms with E-state index >= 15 is 0 Å². The first kappa shape index (κ1) is 16.3. The summed E-state index contributed by atoms with van der Waals surface area (Å²) < 4.78 is 5.56. The van der Waals surface area contributed by atoms with Crippen LogP contribution in [0.3, 0.4) is 0 Å². The SMILES string of the molecule is Cc1ccc(-c2nc(CC(=O)N3C[C@H](C(=O)O)[C@@H](C4CC4)C3)cs2)o1. The van der Waals surface area contributed by atoms with Crippen LogP contribution in [0.15, 0.2) is 21.9 Å². The number of amides is 1. The molecule has 4 rings (SSSR count). The van der Waals surface area contributed by atoms with Gasteiger partial charge in [-0.1, -0.05) is 0 Å². The Balaban J connectivity index is 1.42. The number of carboxylic acids is 1. The molecular weight excluding hydrogens is 340 g/mol.